The number of nitriles is 1. The third kappa shape index (κ3) is 2.86. The number of aromatic nitrogens is 2. The number of methoxy groups -OCH3 is 1. The number of hydrogen-bond donors (Lipinski definition) is 0. The van der Waals surface area contributed by atoms with Crippen LogP contribution < -0.4 is 4.74 Å². The van der Waals surface area contributed by atoms with E-state index in [9.17, 15) is 0 Å². The third-order valence-corrected chi connectivity index (χ3v) is 3.95. The summed E-state index contributed by atoms with van der Waals surface area (Å²) in [5.74, 6) is 1.72. The molecular weight excluding hydrogens is 264 g/mol. The van der Waals surface area contributed by atoms with Crippen molar-refractivity contribution in [3.63, 3.8) is 0 Å². The number of benzene rings is 1. The van der Waals surface area contributed by atoms with Gasteiger partial charge in [0.05, 0.1) is 30.3 Å². The summed E-state index contributed by atoms with van der Waals surface area (Å²) in [5, 5.41) is 9.12. The highest BCUT2D eigenvalue weighted by Gasteiger charge is 2.20. The first-order valence-corrected chi connectivity index (χ1v) is 7.31. The summed E-state index contributed by atoms with van der Waals surface area (Å²) in [6.07, 6.45) is 0. The van der Waals surface area contributed by atoms with Crippen molar-refractivity contribution in [3.05, 3.63) is 24.0 Å². The largest absolute Gasteiger partial charge is 0.497 e. The van der Waals surface area contributed by atoms with Gasteiger partial charge in [-0.25, -0.2) is 4.98 Å². The topological polar surface area (TPSA) is 54.1 Å². The zero-order valence-electron chi connectivity index (χ0n) is 13.1. The van der Waals surface area contributed by atoms with Crippen LogP contribution in [0.5, 0.6) is 5.75 Å². The second-order valence-electron chi connectivity index (χ2n) is 4.97. The van der Waals surface area contributed by atoms with E-state index < -0.39 is 0 Å². The van der Waals surface area contributed by atoms with E-state index in [4.69, 9.17) is 15.0 Å². The van der Waals surface area contributed by atoms with Gasteiger partial charge in [-0.1, -0.05) is 13.8 Å². The molecule has 1 aromatic heterocycles. The number of ether oxygens (including phenoxy) is 1. The maximum atomic E-state index is 9.12. The van der Waals surface area contributed by atoms with Gasteiger partial charge in [-0.15, -0.1) is 0 Å². The summed E-state index contributed by atoms with van der Waals surface area (Å²) >= 11 is 0. The maximum absolute atomic E-state index is 9.12. The lowest BCUT2D eigenvalue weighted by molar-refractivity contribution is 0.222. The van der Waals surface area contributed by atoms with Crippen LogP contribution in [0.3, 0.4) is 0 Å². The predicted molar refractivity (Wildman–Crippen MR) is 83.2 cm³/mol. The molecule has 0 saturated carbocycles. The van der Waals surface area contributed by atoms with Gasteiger partial charge in [0, 0.05) is 6.07 Å². The molecule has 0 fully saturated rings. The number of fused-ring (bicyclic) bond motifs is 1. The van der Waals surface area contributed by atoms with Crippen LogP contribution in [-0.4, -0.2) is 34.7 Å². The van der Waals surface area contributed by atoms with Crippen LogP contribution in [0.1, 0.15) is 32.6 Å². The van der Waals surface area contributed by atoms with Crippen LogP contribution >= 0.6 is 0 Å². The Morgan fingerprint density at radius 2 is 2.10 bits per heavy atom. The van der Waals surface area contributed by atoms with Gasteiger partial charge in [0.1, 0.15) is 18.1 Å². The van der Waals surface area contributed by atoms with E-state index in [2.05, 4.69) is 31.7 Å². The standard InChI is InChI=1S/C16H22N4O/c1-5-19(6-2)12(3)16-18-14-11-13(21-4)7-8-15(14)20(16)10-9-17/h7-8,11-12H,5-6,10H2,1-4H3. The van der Waals surface area contributed by atoms with Crippen LogP contribution in [0.25, 0.3) is 11.0 Å². The Kier molecular flexibility index (Phi) is 4.81. The van der Waals surface area contributed by atoms with Crippen molar-refractivity contribution >= 4 is 11.0 Å². The van der Waals surface area contributed by atoms with Gasteiger partial charge in [0.15, 0.2) is 0 Å². The first-order chi connectivity index (χ1) is 10.2. The minimum atomic E-state index is 0.173. The summed E-state index contributed by atoms with van der Waals surface area (Å²) in [4.78, 5) is 7.07. The van der Waals surface area contributed by atoms with Crippen LogP contribution in [0.2, 0.25) is 0 Å². The van der Waals surface area contributed by atoms with E-state index in [0.29, 0.717) is 6.54 Å². The third-order valence-electron chi connectivity index (χ3n) is 3.95. The fourth-order valence-electron chi connectivity index (χ4n) is 2.75. The van der Waals surface area contributed by atoms with Crippen molar-refractivity contribution in [3.8, 4) is 11.8 Å². The molecule has 0 amide bonds. The molecule has 0 spiro atoms. The minimum Gasteiger partial charge on any atom is -0.497 e. The van der Waals surface area contributed by atoms with Gasteiger partial charge >= 0.3 is 0 Å². The molecule has 0 aliphatic carbocycles. The van der Waals surface area contributed by atoms with Crippen LogP contribution in [0, 0.1) is 11.3 Å². The summed E-state index contributed by atoms with van der Waals surface area (Å²) in [5.41, 5.74) is 1.85. The van der Waals surface area contributed by atoms with Crippen LogP contribution in [0.15, 0.2) is 18.2 Å². The predicted octanol–water partition coefficient (Wildman–Crippen LogP) is 2.97. The molecule has 1 unspecified atom stereocenters. The molecule has 1 atom stereocenters. The number of rotatable bonds is 6. The normalized spacial score (nSPS) is 12.6. The van der Waals surface area contributed by atoms with E-state index in [0.717, 1.165) is 35.7 Å². The fourth-order valence-corrected chi connectivity index (χ4v) is 2.75. The van der Waals surface area contributed by atoms with E-state index in [1.807, 2.05) is 22.8 Å². The molecule has 0 bridgehead atoms. The van der Waals surface area contributed by atoms with Gasteiger partial charge in [-0.05, 0) is 32.1 Å². The smallest absolute Gasteiger partial charge is 0.127 e. The van der Waals surface area contributed by atoms with Crippen molar-refractivity contribution in [2.45, 2.75) is 33.4 Å². The molecule has 0 radical (unpaired) electrons. The summed E-state index contributed by atoms with van der Waals surface area (Å²) in [7, 11) is 1.65. The van der Waals surface area contributed by atoms with E-state index in [-0.39, 0.29) is 6.04 Å². The van der Waals surface area contributed by atoms with Crippen molar-refractivity contribution in [2.75, 3.05) is 20.2 Å². The quantitative estimate of drug-likeness (QED) is 0.819. The number of hydrogen-bond acceptors (Lipinski definition) is 4. The highest BCUT2D eigenvalue weighted by atomic mass is 16.5. The Labute approximate surface area is 125 Å². The second-order valence-corrected chi connectivity index (χ2v) is 4.97. The lowest BCUT2D eigenvalue weighted by Gasteiger charge is -2.26. The fraction of sp³-hybridized carbons (Fsp3) is 0.500. The minimum absolute atomic E-state index is 0.173. The van der Waals surface area contributed by atoms with Crippen molar-refractivity contribution in [1.82, 2.24) is 14.5 Å². The van der Waals surface area contributed by atoms with Gasteiger partial charge in [0.25, 0.3) is 0 Å². The van der Waals surface area contributed by atoms with Gasteiger partial charge < -0.3 is 9.30 Å². The van der Waals surface area contributed by atoms with E-state index in [1.54, 1.807) is 7.11 Å². The maximum Gasteiger partial charge on any atom is 0.127 e. The Hall–Kier alpha value is -2.06. The molecule has 1 heterocycles. The molecule has 5 heteroatoms. The lowest BCUT2D eigenvalue weighted by Crippen LogP contribution is -2.28. The first kappa shape index (κ1) is 15.3. The number of imidazole rings is 1. The van der Waals surface area contributed by atoms with E-state index in [1.165, 1.54) is 0 Å². The Morgan fingerprint density at radius 3 is 2.67 bits per heavy atom. The highest BCUT2D eigenvalue weighted by molar-refractivity contribution is 5.78. The Bertz CT molecular complexity index is 652. The molecule has 2 aromatic rings. The molecule has 1 aromatic carbocycles. The zero-order valence-corrected chi connectivity index (χ0v) is 13.1. The molecule has 112 valence electrons. The summed E-state index contributed by atoms with van der Waals surface area (Å²) in [6.45, 7) is 8.64. The molecular formula is C16H22N4O. The molecule has 0 aliphatic rings. The summed E-state index contributed by atoms with van der Waals surface area (Å²) < 4.78 is 7.25. The monoisotopic (exact) mass is 286 g/mol. The lowest BCUT2D eigenvalue weighted by atomic mass is 10.2. The second kappa shape index (κ2) is 6.59. The molecule has 21 heavy (non-hydrogen) atoms. The highest BCUT2D eigenvalue weighted by Crippen LogP contribution is 2.27. The molecule has 2 rings (SSSR count). The molecule has 0 N–H and O–H groups in total. The van der Waals surface area contributed by atoms with Crippen LogP contribution in [0.4, 0.5) is 0 Å². The van der Waals surface area contributed by atoms with Crippen molar-refractivity contribution in [2.24, 2.45) is 0 Å². The average molecular weight is 286 g/mol. The molecule has 5 nitrogen and oxygen atoms in total. The molecule has 0 saturated heterocycles. The van der Waals surface area contributed by atoms with Crippen molar-refractivity contribution < 1.29 is 4.74 Å². The van der Waals surface area contributed by atoms with Gasteiger partial charge in [-0.2, -0.15) is 5.26 Å². The van der Waals surface area contributed by atoms with Crippen molar-refractivity contribution in [1.29, 1.82) is 5.26 Å². The average Bonchev–Trinajstić information content (AvgIpc) is 2.86. The molecule has 0 aliphatic heterocycles. The van der Waals surface area contributed by atoms with Crippen LogP contribution in [-0.2, 0) is 6.54 Å². The van der Waals surface area contributed by atoms with E-state index >= 15 is 0 Å². The Balaban J connectivity index is 2.56. The van der Waals surface area contributed by atoms with Gasteiger partial charge in [-0.3, -0.25) is 4.90 Å². The van der Waals surface area contributed by atoms with Gasteiger partial charge in [0.2, 0.25) is 0 Å². The SMILES string of the molecule is CCN(CC)C(C)c1nc2cc(OC)ccc2n1CC#N. The first-order valence-electron chi connectivity index (χ1n) is 7.31. The Morgan fingerprint density at radius 1 is 1.38 bits per heavy atom. The zero-order chi connectivity index (χ0) is 15.4. The number of nitrogens with zero attached hydrogens (tertiary/aromatic N) is 4. The summed E-state index contributed by atoms with van der Waals surface area (Å²) in [6, 6.07) is 8.20.